The molecule has 0 aliphatic heterocycles. The van der Waals surface area contributed by atoms with Crippen molar-refractivity contribution in [3.8, 4) is 0 Å². The van der Waals surface area contributed by atoms with Gasteiger partial charge in [0, 0.05) is 12.7 Å². The first-order valence-electron chi connectivity index (χ1n) is 4.20. The number of carboxylic acids is 1. The molecule has 1 aromatic carbocycles. The Bertz CT molecular complexity index is 512. The first-order valence-corrected chi connectivity index (χ1v) is 5.68. The highest BCUT2D eigenvalue weighted by molar-refractivity contribution is 7.90. The van der Waals surface area contributed by atoms with Crippen LogP contribution in [0.5, 0.6) is 0 Å². The third kappa shape index (κ3) is 2.84. The maximum absolute atomic E-state index is 11.2. The van der Waals surface area contributed by atoms with Crippen molar-refractivity contribution in [2.75, 3.05) is 17.5 Å². The van der Waals surface area contributed by atoms with Gasteiger partial charge in [0.15, 0.2) is 0 Å². The van der Waals surface area contributed by atoms with E-state index in [1.165, 1.54) is 25.2 Å². The van der Waals surface area contributed by atoms with Crippen LogP contribution in [-0.2, 0) is 10.2 Å². The van der Waals surface area contributed by atoms with Gasteiger partial charge in [-0.1, -0.05) is 0 Å². The van der Waals surface area contributed by atoms with Gasteiger partial charge < -0.3 is 10.8 Å². The zero-order chi connectivity index (χ0) is 12.3. The fourth-order valence-electron chi connectivity index (χ4n) is 1.03. The molecule has 0 aliphatic rings. The highest BCUT2D eigenvalue weighted by Crippen LogP contribution is 2.20. The van der Waals surface area contributed by atoms with Gasteiger partial charge in [0.25, 0.3) is 10.2 Å². The van der Waals surface area contributed by atoms with Crippen LogP contribution in [0.15, 0.2) is 18.2 Å². The minimum absolute atomic E-state index is 0.0816. The van der Waals surface area contributed by atoms with Crippen molar-refractivity contribution in [1.82, 2.24) is 4.72 Å². The molecule has 0 heterocycles. The van der Waals surface area contributed by atoms with Crippen molar-refractivity contribution in [2.24, 2.45) is 0 Å². The fraction of sp³-hybridized carbons (Fsp3) is 0.125. The first-order chi connectivity index (χ1) is 7.35. The number of aromatic carboxylic acids is 1. The fourth-order valence-corrected chi connectivity index (χ4v) is 1.59. The van der Waals surface area contributed by atoms with Gasteiger partial charge in [-0.3, -0.25) is 4.72 Å². The summed E-state index contributed by atoms with van der Waals surface area (Å²) in [5.74, 6) is -1.24. The summed E-state index contributed by atoms with van der Waals surface area (Å²) < 4.78 is 26.5. The van der Waals surface area contributed by atoms with E-state index in [1.54, 1.807) is 0 Å². The molecule has 0 aliphatic carbocycles. The monoisotopic (exact) mass is 245 g/mol. The van der Waals surface area contributed by atoms with Crippen molar-refractivity contribution in [3.63, 3.8) is 0 Å². The van der Waals surface area contributed by atoms with Gasteiger partial charge in [0.2, 0.25) is 0 Å². The second-order valence-corrected chi connectivity index (χ2v) is 4.54. The highest BCUT2D eigenvalue weighted by Gasteiger charge is 2.14. The van der Waals surface area contributed by atoms with Gasteiger partial charge in [-0.15, -0.1) is 0 Å². The Balaban J connectivity index is 3.21. The van der Waals surface area contributed by atoms with Gasteiger partial charge in [0.05, 0.1) is 11.3 Å². The summed E-state index contributed by atoms with van der Waals surface area (Å²) in [5.41, 5.74) is 5.45. The summed E-state index contributed by atoms with van der Waals surface area (Å²) in [6, 6.07) is 3.84. The molecule has 5 N–H and O–H groups in total. The predicted octanol–water partition coefficient (Wildman–Crippen LogP) is -0.157. The quantitative estimate of drug-likeness (QED) is 0.549. The number of rotatable bonds is 4. The molecule has 0 aromatic heterocycles. The molecule has 0 bridgehead atoms. The van der Waals surface area contributed by atoms with Crippen LogP contribution in [0, 0.1) is 0 Å². The van der Waals surface area contributed by atoms with E-state index in [1.807, 2.05) is 4.72 Å². The van der Waals surface area contributed by atoms with Gasteiger partial charge in [-0.05, 0) is 18.2 Å². The molecule has 0 spiro atoms. The summed E-state index contributed by atoms with van der Waals surface area (Å²) in [7, 11) is -2.56. The van der Waals surface area contributed by atoms with Crippen LogP contribution in [0.25, 0.3) is 0 Å². The Morgan fingerprint density at radius 1 is 1.44 bits per heavy atom. The number of anilines is 2. The van der Waals surface area contributed by atoms with E-state index in [2.05, 4.69) is 4.72 Å². The molecule has 88 valence electrons. The standard InChI is InChI=1S/C8H11N3O4S/c1-10-16(14,15)11-7-4-5(9)2-3-6(7)8(12)13/h2-4,10-11H,9H2,1H3,(H,12,13). The van der Waals surface area contributed by atoms with E-state index in [9.17, 15) is 13.2 Å². The smallest absolute Gasteiger partial charge is 0.337 e. The summed E-state index contributed by atoms with van der Waals surface area (Å²) in [6.07, 6.45) is 0. The summed E-state index contributed by atoms with van der Waals surface area (Å²) in [5, 5.41) is 8.83. The van der Waals surface area contributed by atoms with Gasteiger partial charge in [0.1, 0.15) is 0 Å². The first kappa shape index (κ1) is 12.3. The normalized spacial score (nSPS) is 11.1. The molecular weight excluding hydrogens is 234 g/mol. The van der Waals surface area contributed by atoms with Crippen LogP contribution in [0.2, 0.25) is 0 Å². The SMILES string of the molecule is CNS(=O)(=O)Nc1cc(N)ccc1C(=O)O. The lowest BCUT2D eigenvalue weighted by Crippen LogP contribution is -2.27. The molecule has 0 saturated carbocycles. The second-order valence-electron chi connectivity index (χ2n) is 2.92. The molecule has 1 rings (SSSR count). The van der Waals surface area contributed by atoms with Gasteiger partial charge >= 0.3 is 5.97 Å². The minimum Gasteiger partial charge on any atom is -0.478 e. The lowest BCUT2D eigenvalue weighted by atomic mass is 10.1. The molecular formula is C8H11N3O4S. The number of hydrogen-bond acceptors (Lipinski definition) is 4. The Kier molecular flexibility index (Phi) is 3.35. The van der Waals surface area contributed by atoms with E-state index in [4.69, 9.17) is 10.8 Å². The summed E-state index contributed by atoms with van der Waals surface area (Å²) in [4.78, 5) is 10.8. The van der Waals surface area contributed by atoms with Gasteiger partial charge in [-0.2, -0.15) is 8.42 Å². The van der Waals surface area contributed by atoms with E-state index in [0.29, 0.717) is 0 Å². The molecule has 7 nitrogen and oxygen atoms in total. The number of carbonyl (C=O) groups is 1. The Morgan fingerprint density at radius 3 is 2.56 bits per heavy atom. The average molecular weight is 245 g/mol. The van der Waals surface area contributed by atoms with E-state index < -0.39 is 16.2 Å². The topological polar surface area (TPSA) is 122 Å². The van der Waals surface area contributed by atoms with Crippen molar-refractivity contribution in [1.29, 1.82) is 0 Å². The third-order valence-corrected chi connectivity index (χ3v) is 2.81. The second kappa shape index (κ2) is 4.37. The summed E-state index contributed by atoms with van der Waals surface area (Å²) >= 11 is 0. The number of carboxylic acid groups (broad SMARTS) is 1. The molecule has 8 heteroatoms. The van der Waals surface area contributed by atoms with Crippen LogP contribution >= 0.6 is 0 Å². The molecule has 0 fully saturated rings. The zero-order valence-corrected chi connectivity index (χ0v) is 9.21. The van der Waals surface area contributed by atoms with Crippen LogP contribution in [0.3, 0.4) is 0 Å². The van der Waals surface area contributed by atoms with Crippen molar-refractivity contribution >= 4 is 27.6 Å². The molecule has 1 aromatic rings. The predicted molar refractivity (Wildman–Crippen MR) is 59.4 cm³/mol. The molecule has 16 heavy (non-hydrogen) atoms. The number of hydrogen-bond donors (Lipinski definition) is 4. The Morgan fingerprint density at radius 2 is 2.06 bits per heavy atom. The van der Waals surface area contributed by atoms with Crippen molar-refractivity contribution in [3.05, 3.63) is 23.8 Å². The van der Waals surface area contributed by atoms with Crippen LogP contribution < -0.4 is 15.2 Å². The maximum Gasteiger partial charge on any atom is 0.337 e. The zero-order valence-electron chi connectivity index (χ0n) is 8.39. The summed E-state index contributed by atoms with van der Waals surface area (Å²) in [6.45, 7) is 0. The number of nitrogens with two attached hydrogens (primary N) is 1. The maximum atomic E-state index is 11.2. The molecule has 0 radical (unpaired) electrons. The lowest BCUT2D eigenvalue weighted by Gasteiger charge is -2.09. The minimum atomic E-state index is -3.76. The van der Waals surface area contributed by atoms with Crippen molar-refractivity contribution in [2.45, 2.75) is 0 Å². The van der Waals surface area contributed by atoms with E-state index >= 15 is 0 Å². The molecule has 0 unspecified atom stereocenters. The number of nitrogens with one attached hydrogen (secondary N) is 2. The van der Waals surface area contributed by atoms with Crippen LogP contribution in [0.4, 0.5) is 11.4 Å². The molecule has 0 saturated heterocycles. The van der Waals surface area contributed by atoms with Crippen LogP contribution in [-0.4, -0.2) is 26.5 Å². The third-order valence-electron chi connectivity index (χ3n) is 1.79. The highest BCUT2D eigenvalue weighted by atomic mass is 32.2. The van der Waals surface area contributed by atoms with Crippen LogP contribution in [0.1, 0.15) is 10.4 Å². The van der Waals surface area contributed by atoms with E-state index in [0.717, 1.165) is 0 Å². The largest absolute Gasteiger partial charge is 0.478 e. The average Bonchev–Trinajstić information content (AvgIpc) is 2.16. The molecule has 0 amide bonds. The van der Waals surface area contributed by atoms with E-state index in [-0.39, 0.29) is 16.9 Å². The Labute approximate surface area is 92.5 Å². The van der Waals surface area contributed by atoms with Gasteiger partial charge in [-0.25, -0.2) is 9.52 Å². The van der Waals surface area contributed by atoms with Crippen molar-refractivity contribution < 1.29 is 18.3 Å². The molecule has 0 atom stereocenters. The lowest BCUT2D eigenvalue weighted by molar-refractivity contribution is 0.0698. The Hall–Kier alpha value is -1.80. The number of benzene rings is 1. The number of nitrogen functional groups attached to an aromatic ring is 1.